The highest BCUT2D eigenvalue weighted by Crippen LogP contribution is 2.28. The van der Waals surface area contributed by atoms with E-state index in [0.29, 0.717) is 37.7 Å². The number of hydrogen-bond acceptors (Lipinski definition) is 6. The Bertz CT molecular complexity index is 793. The van der Waals surface area contributed by atoms with Crippen molar-refractivity contribution in [2.45, 2.75) is 6.10 Å². The molecule has 2 heterocycles. The van der Waals surface area contributed by atoms with E-state index in [1.165, 1.54) is 11.0 Å². The van der Waals surface area contributed by atoms with Gasteiger partial charge in [-0.1, -0.05) is 0 Å². The molecule has 10 heteroatoms. The lowest BCUT2D eigenvalue weighted by atomic mass is 10.2. The number of amides is 2. The molecule has 0 aliphatic carbocycles. The van der Waals surface area contributed by atoms with Gasteiger partial charge in [-0.15, -0.1) is 9.93 Å². The van der Waals surface area contributed by atoms with E-state index in [0.717, 1.165) is 0 Å². The van der Waals surface area contributed by atoms with Crippen LogP contribution in [0.2, 0.25) is 0 Å². The van der Waals surface area contributed by atoms with Crippen molar-refractivity contribution in [2.75, 3.05) is 67.5 Å². The number of nitrogens with one attached hydrogen (secondary N) is 1. The molecule has 0 aromatic heterocycles. The third kappa shape index (κ3) is 5.20. The van der Waals surface area contributed by atoms with Crippen LogP contribution in [-0.4, -0.2) is 80.0 Å². The second-order valence-corrected chi connectivity index (χ2v) is 10.9. The van der Waals surface area contributed by atoms with Crippen LogP contribution in [0.15, 0.2) is 18.2 Å². The van der Waals surface area contributed by atoms with E-state index in [-0.39, 0.29) is 24.7 Å². The van der Waals surface area contributed by atoms with Gasteiger partial charge in [0.15, 0.2) is 0 Å². The molecule has 8 nitrogen and oxygen atoms in total. The van der Waals surface area contributed by atoms with Gasteiger partial charge in [0.2, 0.25) is 5.91 Å². The predicted molar refractivity (Wildman–Crippen MR) is 106 cm³/mol. The maximum absolute atomic E-state index is 14.6. The number of benzene rings is 1. The minimum Gasteiger partial charge on any atom is -0.442 e. The molecule has 2 saturated heterocycles. The standard InChI is InChI=1S/C18H26FN3O5S/c1-28(2,25)12-17(23)20-10-14-11-22(18(24)27-14)13-3-4-16(15(19)9-13)21-5-7-26-8-6-21/h3-4,9,14,28H,5-8,10-12H2,1-2H3,(H,20,23)/t14-/m0/s1. The average Bonchev–Trinajstić information content (AvgIpc) is 3.00. The third-order valence-electron chi connectivity index (χ3n) is 4.52. The van der Waals surface area contributed by atoms with Crippen molar-refractivity contribution in [3.05, 3.63) is 24.0 Å². The fraction of sp³-hybridized carbons (Fsp3) is 0.556. The predicted octanol–water partition coefficient (Wildman–Crippen LogP) is 0.380. The van der Waals surface area contributed by atoms with Crippen LogP contribution < -0.4 is 15.1 Å². The second kappa shape index (κ2) is 8.44. The smallest absolute Gasteiger partial charge is 0.414 e. The number of halogens is 1. The van der Waals surface area contributed by atoms with Gasteiger partial charge in [-0.25, -0.2) is 9.18 Å². The summed E-state index contributed by atoms with van der Waals surface area (Å²) in [5, 5.41) is 2.63. The highest BCUT2D eigenvalue weighted by molar-refractivity contribution is 8.02. The van der Waals surface area contributed by atoms with Crippen molar-refractivity contribution >= 4 is 33.3 Å². The first-order chi connectivity index (χ1) is 13.2. The van der Waals surface area contributed by atoms with Crippen LogP contribution >= 0.6 is 0 Å². The molecule has 3 rings (SSSR count). The Morgan fingerprint density at radius 1 is 1.32 bits per heavy atom. The zero-order valence-electron chi connectivity index (χ0n) is 16.0. The fourth-order valence-corrected chi connectivity index (χ4v) is 4.00. The lowest BCUT2D eigenvalue weighted by Gasteiger charge is -2.29. The molecular weight excluding hydrogens is 389 g/mol. The number of cyclic esters (lactones) is 1. The van der Waals surface area contributed by atoms with E-state index in [9.17, 15) is 18.2 Å². The van der Waals surface area contributed by atoms with Gasteiger partial charge in [0.05, 0.1) is 43.4 Å². The van der Waals surface area contributed by atoms with Crippen molar-refractivity contribution in [1.29, 1.82) is 0 Å². The van der Waals surface area contributed by atoms with Crippen LogP contribution in [0.3, 0.4) is 0 Å². The Kier molecular flexibility index (Phi) is 6.19. The summed E-state index contributed by atoms with van der Waals surface area (Å²) in [6, 6.07) is 4.65. The minimum atomic E-state index is -2.46. The largest absolute Gasteiger partial charge is 0.442 e. The molecule has 0 spiro atoms. The van der Waals surface area contributed by atoms with Gasteiger partial charge in [-0.2, -0.15) is 0 Å². The van der Waals surface area contributed by atoms with Crippen molar-refractivity contribution < 1.29 is 27.7 Å². The third-order valence-corrected chi connectivity index (χ3v) is 5.57. The maximum atomic E-state index is 14.6. The number of morpholine rings is 1. The number of anilines is 2. The lowest BCUT2D eigenvalue weighted by Crippen LogP contribution is -2.38. The maximum Gasteiger partial charge on any atom is 0.414 e. The molecule has 1 aromatic rings. The number of ether oxygens (including phenoxy) is 2. The van der Waals surface area contributed by atoms with Gasteiger partial charge in [-0.3, -0.25) is 13.9 Å². The molecule has 0 unspecified atom stereocenters. The molecule has 2 aliphatic rings. The van der Waals surface area contributed by atoms with E-state index in [1.807, 2.05) is 4.90 Å². The molecule has 156 valence electrons. The van der Waals surface area contributed by atoms with Crippen LogP contribution in [-0.2, 0) is 24.2 Å². The van der Waals surface area contributed by atoms with Crippen LogP contribution in [0.25, 0.3) is 0 Å². The van der Waals surface area contributed by atoms with E-state index >= 15 is 0 Å². The fourth-order valence-electron chi connectivity index (χ4n) is 3.19. The van der Waals surface area contributed by atoms with Gasteiger partial charge in [-0.05, 0) is 30.7 Å². The van der Waals surface area contributed by atoms with E-state index < -0.39 is 27.9 Å². The SMILES string of the molecule is C[SH](C)(=O)CC(=O)NC[C@H]1CN(c2ccc(N3CCOCC3)c(F)c2)C(=O)O1. The Morgan fingerprint density at radius 2 is 2.04 bits per heavy atom. The first-order valence-electron chi connectivity index (χ1n) is 9.14. The van der Waals surface area contributed by atoms with Crippen LogP contribution in [0, 0.1) is 5.82 Å². The van der Waals surface area contributed by atoms with Crippen LogP contribution in [0.5, 0.6) is 0 Å². The number of thiol groups is 1. The number of rotatable bonds is 6. The summed E-state index contributed by atoms with van der Waals surface area (Å²) in [5.74, 6) is -0.805. The molecule has 2 aliphatic heterocycles. The molecule has 1 N–H and O–H groups in total. The molecule has 0 saturated carbocycles. The topological polar surface area (TPSA) is 88.2 Å². The monoisotopic (exact) mass is 415 g/mol. The average molecular weight is 415 g/mol. The van der Waals surface area contributed by atoms with E-state index in [1.54, 1.807) is 24.6 Å². The zero-order chi connectivity index (χ0) is 20.3. The van der Waals surface area contributed by atoms with Crippen LogP contribution in [0.1, 0.15) is 0 Å². The molecular formula is C18H26FN3O5S. The number of carbonyl (C=O) groups is 2. The van der Waals surface area contributed by atoms with E-state index in [4.69, 9.17) is 9.47 Å². The minimum absolute atomic E-state index is 0.0500. The number of carbonyl (C=O) groups excluding carboxylic acids is 2. The Labute approximate surface area is 164 Å². The first kappa shape index (κ1) is 20.5. The summed E-state index contributed by atoms with van der Waals surface area (Å²) in [6.07, 6.45) is 1.94. The highest BCUT2D eigenvalue weighted by atomic mass is 32.2. The Morgan fingerprint density at radius 3 is 2.68 bits per heavy atom. The lowest BCUT2D eigenvalue weighted by molar-refractivity contribution is -0.119. The van der Waals surface area contributed by atoms with Crippen LogP contribution in [0.4, 0.5) is 20.6 Å². The molecule has 2 amide bonds. The van der Waals surface area contributed by atoms with Crippen molar-refractivity contribution in [3.8, 4) is 0 Å². The molecule has 0 radical (unpaired) electrons. The Balaban J connectivity index is 1.59. The first-order valence-corrected chi connectivity index (χ1v) is 11.9. The van der Waals surface area contributed by atoms with Gasteiger partial charge in [0.25, 0.3) is 0 Å². The van der Waals surface area contributed by atoms with Gasteiger partial charge < -0.3 is 19.7 Å². The number of hydrogen-bond donors (Lipinski definition) is 2. The molecule has 1 aromatic carbocycles. The summed E-state index contributed by atoms with van der Waals surface area (Å²) in [4.78, 5) is 27.2. The summed E-state index contributed by atoms with van der Waals surface area (Å²) in [7, 11) is -2.46. The summed E-state index contributed by atoms with van der Waals surface area (Å²) >= 11 is 0. The Hall–Kier alpha value is -2.20. The van der Waals surface area contributed by atoms with Gasteiger partial charge in [0.1, 0.15) is 11.9 Å². The second-order valence-electron chi connectivity index (χ2n) is 7.39. The number of nitrogens with zero attached hydrogens (tertiary/aromatic N) is 2. The summed E-state index contributed by atoms with van der Waals surface area (Å²) in [5.41, 5.74) is 0.881. The normalized spacial score (nSPS) is 20.8. The van der Waals surface area contributed by atoms with Gasteiger partial charge in [0, 0.05) is 13.1 Å². The summed E-state index contributed by atoms with van der Waals surface area (Å²) < 4.78 is 36.8. The summed E-state index contributed by atoms with van der Waals surface area (Å²) in [6.45, 7) is 2.66. The quantitative estimate of drug-likeness (QED) is 0.654. The van der Waals surface area contributed by atoms with Crippen molar-refractivity contribution in [1.82, 2.24) is 5.32 Å². The van der Waals surface area contributed by atoms with Crippen molar-refractivity contribution in [3.63, 3.8) is 0 Å². The van der Waals surface area contributed by atoms with E-state index in [2.05, 4.69) is 5.32 Å². The zero-order valence-corrected chi connectivity index (χ0v) is 16.9. The molecule has 2 fully saturated rings. The highest BCUT2D eigenvalue weighted by Gasteiger charge is 2.33. The molecule has 28 heavy (non-hydrogen) atoms. The molecule has 1 atom stereocenters. The van der Waals surface area contributed by atoms with Gasteiger partial charge >= 0.3 is 6.09 Å². The molecule has 0 bridgehead atoms. The van der Waals surface area contributed by atoms with Crippen molar-refractivity contribution in [2.24, 2.45) is 0 Å².